The number of halogens is 4. The molecule has 1 atom stereocenters. The zero-order chi connectivity index (χ0) is 27.9. The van der Waals surface area contributed by atoms with Crippen LogP contribution in [-0.4, -0.2) is 25.6 Å². The molecule has 40 heavy (non-hydrogen) atoms. The number of alkyl halides is 3. The van der Waals surface area contributed by atoms with E-state index >= 15 is 0 Å². The number of benzene rings is 4. The Labute approximate surface area is 226 Å². The number of rotatable bonds is 7. The third kappa shape index (κ3) is 4.69. The summed E-state index contributed by atoms with van der Waals surface area (Å²) >= 11 is 0. The molecule has 6 rings (SSSR count). The first-order chi connectivity index (χ1) is 19.2. The van der Waals surface area contributed by atoms with Crippen molar-refractivity contribution in [2.75, 3.05) is 0 Å². The minimum Gasteiger partial charge on any atom is -0.489 e. The molecule has 2 heterocycles. The van der Waals surface area contributed by atoms with E-state index < -0.39 is 24.1 Å². The highest BCUT2D eigenvalue weighted by molar-refractivity contribution is 5.82. The molecule has 4 aromatic carbocycles. The first kappa shape index (κ1) is 25.6. The zero-order valence-corrected chi connectivity index (χ0v) is 21.0. The predicted octanol–water partition coefficient (Wildman–Crippen LogP) is 7.15. The van der Waals surface area contributed by atoms with Crippen LogP contribution in [0.1, 0.15) is 11.1 Å². The van der Waals surface area contributed by atoms with Crippen molar-refractivity contribution in [2.24, 2.45) is 0 Å². The Morgan fingerprint density at radius 3 is 2.30 bits per heavy atom. The van der Waals surface area contributed by atoms with Crippen LogP contribution in [0.4, 0.5) is 17.6 Å². The third-order valence-electron chi connectivity index (χ3n) is 6.98. The smallest absolute Gasteiger partial charge is 0.423 e. The van der Waals surface area contributed by atoms with E-state index in [1.807, 2.05) is 30.3 Å². The van der Waals surface area contributed by atoms with E-state index in [0.29, 0.717) is 39.8 Å². The van der Waals surface area contributed by atoms with Gasteiger partial charge in [0.1, 0.15) is 18.2 Å². The van der Waals surface area contributed by atoms with Crippen molar-refractivity contribution in [2.45, 2.75) is 24.9 Å². The SMILES string of the molecule is OC(Cn1ccc2cc(OCc3ccccc3)ccc21)(c1ccc2c(cnn2-c2ccc(F)cc2)c1)C(F)(F)F. The Hall–Kier alpha value is -4.63. The van der Waals surface area contributed by atoms with Crippen LogP contribution >= 0.6 is 0 Å². The fourth-order valence-corrected chi connectivity index (χ4v) is 4.82. The molecule has 1 N–H and O–H groups in total. The lowest BCUT2D eigenvalue weighted by Gasteiger charge is -2.32. The second kappa shape index (κ2) is 9.84. The summed E-state index contributed by atoms with van der Waals surface area (Å²) in [5.41, 5.74) is -0.880. The second-order valence-electron chi connectivity index (χ2n) is 9.60. The van der Waals surface area contributed by atoms with Crippen LogP contribution < -0.4 is 4.74 Å². The fourth-order valence-electron chi connectivity index (χ4n) is 4.82. The van der Waals surface area contributed by atoms with Gasteiger partial charge in [0.15, 0.2) is 0 Å². The average Bonchev–Trinajstić information content (AvgIpc) is 3.56. The van der Waals surface area contributed by atoms with Crippen LogP contribution in [0.25, 0.3) is 27.5 Å². The summed E-state index contributed by atoms with van der Waals surface area (Å²) in [7, 11) is 0. The van der Waals surface area contributed by atoms with Gasteiger partial charge >= 0.3 is 6.18 Å². The van der Waals surface area contributed by atoms with Crippen LogP contribution in [0.2, 0.25) is 0 Å². The summed E-state index contributed by atoms with van der Waals surface area (Å²) in [5, 5.41) is 16.5. The van der Waals surface area contributed by atoms with Crippen molar-refractivity contribution < 1.29 is 27.4 Å². The fraction of sp³-hybridized carbons (Fsp3) is 0.129. The van der Waals surface area contributed by atoms with E-state index in [1.165, 1.54) is 64.1 Å². The molecule has 0 bridgehead atoms. The summed E-state index contributed by atoms with van der Waals surface area (Å²) in [6, 6.07) is 26.1. The topological polar surface area (TPSA) is 52.2 Å². The molecule has 202 valence electrons. The van der Waals surface area contributed by atoms with Gasteiger partial charge in [-0.1, -0.05) is 36.4 Å². The molecule has 0 fully saturated rings. The quantitative estimate of drug-likeness (QED) is 0.217. The molecule has 2 aromatic heterocycles. The number of fused-ring (bicyclic) bond motifs is 2. The first-order valence-electron chi connectivity index (χ1n) is 12.5. The van der Waals surface area contributed by atoms with Gasteiger partial charge in [-0.2, -0.15) is 18.3 Å². The van der Waals surface area contributed by atoms with E-state index in [-0.39, 0.29) is 5.56 Å². The van der Waals surface area contributed by atoms with Gasteiger partial charge in [0.2, 0.25) is 5.60 Å². The normalized spacial score (nSPS) is 13.5. The minimum atomic E-state index is -4.97. The van der Waals surface area contributed by atoms with Gasteiger partial charge in [0.25, 0.3) is 0 Å². The largest absolute Gasteiger partial charge is 0.489 e. The number of nitrogens with zero attached hydrogens (tertiary/aromatic N) is 3. The van der Waals surface area contributed by atoms with Crippen LogP contribution in [0.3, 0.4) is 0 Å². The molecule has 0 aliphatic heterocycles. The Kier molecular flexibility index (Phi) is 6.31. The summed E-state index contributed by atoms with van der Waals surface area (Å²) in [5.74, 6) is 0.176. The molecule has 0 aliphatic carbocycles. The summed E-state index contributed by atoms with van der Waals surface area (Å²) in [6.45, 7) is -0.386. The molecular formula is C31H23F4N3O2. The molecule has 0 spiro atoms. The van der Waals surface area contributed by atoms with Crippen molar-refractivity contribution in [1.82, 2.24) is 14.3 Å². The monoisotopic (exact) mass is 545 g/mol. The van der Waals surface area contributed by atoms with Gasteiger partial charge in [0.05, 0.1) is 23.9 Å². The maximum atomic E-state index is 14.5. The lowest BCUT2D eigenvalue weighted by molar-refractivity contribution is -0.271. The van der Waals surface area contributed by atoms with Gasteiger partial charge in [0, 0.05) is 22.5 Å². The van der Waals surface area contributed by atoms with Gasteiger partial charge in [-0.25, -0.2) is 9.07 Å². The maximum Gasteiger partial charge on any atom is 0.423 e. The van der Waals surface area contributed by atoms with E-state index in [9.17, 15) is 22.7 Å². The van der Waals surface area contributed by atoms with E-state index in [1.54, 1.807) is 24.3 Å². The molecule has 0 saturated heterocycles. The molecule has 1 unspecified atom stereocenters. The van der Waals surface area contributed by atoms with Crippen LogP contribution in [0.5, 0.6) is 5.75 Å². The Morgan fingerprint density at radius 2 is 1.55 bits per heavy atom. The number of ether oxygens (including phenoxy) is 1. The Bertz CT molecular complexity index is 1790. The third-order valence-corrected chi connectivity index (χ3v) is 6.98. The molecule has 6 aromatic rings. The summed E-state index contributed by atoms with van der Waals surface area (Å²) in [6.07, 6.45) is -2.03. The summed E-state index contributed by atoms with van der Waals surface area (Å²) < 4.78 is 65.5. The molecular weight excluding hydrogens is 522 g/mol. The zero-order valence-electron chi connectivity index (χ0n) is 21.0. The number of hydrogen-bond donors (Lipinski definition) is 1. The van der Waals surface area contributed by atoms with Crippen LogP contribution in [-0.2, 0) is 18.8 Å². The molecule has 0 amide bonds. The maximum absolute atomic E-state index is 14.5. The molecule has 9 heteroatoms. The number of aromatic nitrogens is 3. The molecule has 0 saturated carbocycles. The molecule has 0 aliphatic rings. The van der Waals surface area contributed by atoms with Crippen molar-refractivity contribution in [3.8, 4) is 11.4 Å². The Balaban J connectivity index is 1.30. The molecule has 5 nitrogen and oxygen atoms in total. The first-order valence-corrected chi connectivity index (χ1v) is 12.5. The van der Waals surface area contributed by atoms with E-state index in [2.05, 4.69) is 5.10 Å². The minimum absolute atomic E-state index is 0.309. The van der Waals surface area contributed by atoms with Crippen LogP contribution in [0.15, 0.2) is 109 Å². The highest BCUT2D eigenvalue weighted by atomic mass is 19.4. The van der Waals surface area contributed by atoms with E-state index in [4.69, 9.17) is 4.74 Å². The highest BCUT2D eigenvalue weighted by Crippen LogP contribution is 2.42. The lowest BCUT2D eigenvalue weighted by atomic mass is 9.91. The van der Waals surface area contributed by atoms with E-state index in [0.717, 1.165) is 5.56 Å². The second-order valence-corrected chi connectivity index (χ2v) is 9.60. The summed E-state index contributed by atoms with van der Waals surface area (Å²) in [4.78, 5) is 0. The standard InChI is InChI=1S/C31H23F4N3O2/c32-25-7-9-26(10-8-25)38-29-12-6-24(16-23(29)18-36-38)30(39,31(33,34)35)20-37-15-14-22-17-27(11-13-28(22)37)40-19-21-4-2-1-3-5-21/h1-18,39H,19-20H2. The van der Waals surface area contributed by atoms with Gasteiger partial charge in [-0.3, -0.25) is 0 Å². The number of aliphatic hydroxyl groups is 1. The van der Waals surface area contributed by atoms with Crippen molar-refractivity contribution in [1.29, 1.82) is 0 Å². The van der Waals surface area contributed by atoms with Crippen LogP contribution in [0, 0.1) is 5.82 Å². The van der Waals surface area contributed by atoms with Crippen molar-refractivity contribution in [3.05, 3.63) is 126 Å². The lowest BCUT2D eigenvalue weighted by Crippen LogP contribution is -2.45. The van der Waals surface area contributed by atoms with Gasteiger partial charge in [-0.05, 0) is 71.8 Å². The van der Waals surface area contributed by atoms with Gasteiger partial charge in [-0.15, -0.1) is 0 Å². The van der Waals surface area contributed by atoms with Gasteiger partial charge < -0.3 is 14.4 Å². The Morgan fingerprint density at radius 1 is 0.800 bits per heavy atom. The molecule has 0 radical (unpaired) electrons. The average molecular weight is 546 g/mol. The van der Waals surface area contributed by atoms with Crippen molar-refractivity contribution >= 4 is 21.8 Å². The predicted molar refractivity (Wildman–Crippen MR) is 144 cm³/mol. The highest BCUT2D eigenvalue weighted by Gasteiger charge is 2.55. The number of hydrogen-bond acceptors (Lipinski definition) is 3. The van der Waals surface area contributed by atoms with Crippen molar-refractivity contribution in [3.63, 3.8) is 0 Å².